The van der Waals surface area contributed by atoms with Crippen molar-refractivity contribution in [2.45, 2.75) is 51.1 Å². The third-order valence-electron chi connectivity index (χ3n) is 6.13. The molecule has 3 aromatic rings. The normalized spacial score (nSPS) is 12.9. The molecule has 0 radical (unpaired) electrons. The highest BCUT2D eigenvalue weighted by Crippen LogP contribution is 2.32. The summed E-state index contributed by atoms with van der Waals surface area (Å²) in [5, 5.41) is 9.76. The molecule has 0 aliphatic heterocycles. The predicted molar refractivity (Wildman–Crippen MR) is 140 cm³/mol. The van der Waals surface area contributed by atoms with Crippen LogP contribution in [0.3, 0.4) is 0 Å². The number of nitrogens with zero attached hydrogens (tertiary/aromatic N) is 1. The largest absolute Gasteiger partial charge is 0.481 e. The predicted octanol–water partition coefficient (Wildman–Crippen LogP) is 6.37. The second-order valence-corrected chi connectivity index (χ2v) is 11.7. The van der Waals surface area contributed by atoms with E-state index in [4.69, 9.17) is 11.6 Å². The molecule has 0 aliphatic carbocycles. The number of ketones is 1. The van der Waals surface area contributed by atoms with Crippen molar-refractivity contribution >= 4 is 33.4 Å². The fraction of sp³-hybridized carbons (Fsp3) is 0.286. The summed E-state index contributed by atoms with van der Waals surface area (Å²) >= 11 is 5.99. The van der Waals surface area contributed by atoms with Crippen molar-refractivity contribution in [2.24, 2.45) is 5.41 Å². The Morgan fingerprint density at radius 2 is 1.53 bits per heavy atom. The highest BCUT2D eigenvalue weighted by atomic mass is 35.5. The molecule has 0 bridgehead atoms. The number of Topliss-reactive ketones (excluding diaryl/α,β-unsaturated/α-hetero) is 1. The van der Waals surface area contributed by atoms with Gasteiger partial charge in [-0.15, -0.1) is 0 Å². The van der Waals surface area contributed by atoms with Crippen LogP contribution < -0.4 is 0 Å². The number of hydrogen-bond acceptors (Lipinski definition) is 4. The van der Waals surface area contributed by atoms with Crippen LogP contribution in [0.25, 0.3) is 0 Å². The fourth-order valence-corrected chi connectivity index (χ4v) is 5.74. The zero-order chi connectivity index (χ0) is 26.5. The van der Waals surface area contributed by atoms with E-state index in [-0.39, 0.29) is 23.6 Å². The average molecular weight is 528 g/mol. The Balaban J connectivity index is 1.95. The number of hydrogen-bond donors (Lipinski definition) is 1. The summed E-state index contributed by atoms with van der Waals surface area (Å²) in [5.74, 6) is -1.32. The molecular formula is C28H30ClNO5S. The Bertz CT molecular complexity index is 1300. The Morgan fingerprint density at radius 1 is 0.944 bits per heavy atom. The molecule has 1 atom stereocenters. The first-order valence-corrected chi connectivity index (χ1v) is 13.5. The second kappa shape index (κ2) is 11.4. The van der Waals surface area contributed by atoms with E-state index in [0.29, 0.717) is 22.6 Å². The summed E-state index contributed by atoms with van der Waals surface area (Å²) in [5.41, 5.74) is 0.787. The number of sulfonamides is 1. The van der Waals surface area contributed by atoms with Crippen LogP contribution in [0.15, 0.2) is 83.8 Å². The number of rotatable bonds is 11. The Hall–Kier alpha value is -3.00. The van der Waals surface area contributed by atoms with E-state index in [1.54, 1.807) is 36.4 Å². The molecule has 8 heteroatoms. The maximum absolute atomic E-state index is 13.8. The first-order chi connectivity index (χ1) is 17.0. The first-order valence-electron chi connectivity index (χ1n) is 11.6. The highest BCUT2D eigenvalue weighted by Gasteiger charge is 2.33. The molecule has 190 valence electrons. The summed E-state index contributed by atoms with van der Waals surface area (Å²) < 4.78 is 29.0. The van der Waals surface area contributed by atoms with E-state index in [2.05, 4.69) is 0 Å². The topological polar surface area (TPSA) is 91.8 Å². The smallest absolute Gasteiger partial charge is 0.309 e. The Morgan fingerprint density at radius 3 is 2.06 bits per heavy atom. The lowest BCUT2D eigenvalue weighted by Gasteiger charge is -2.31. The van der Waals surface area contributed by atoms with Crippen LogP contribution in [0.5, 0.6) is 0 Å². The summed E-state index contributed by atoms with van der Waals surface area (Å²) in [7, 11) is -3.89. The van der Waals surface area contributed by atoms with Crippen molar-refractivity contribution in [1.82, 2.24) is 4.31 Å². The fourth-order valence-electron chi connectivity index (χ4n) is 3.94. The van der Waals surface area contributed by atoms with Gasteiger partial charge in [-0.1, -0.05) is 73.1 Å². The van der Waals surface area contributed by atoms with Gasteiger partial charge in [0, 0.05) is 23.6 Å². The molecule has 1 N–H and O–H groups in total. The third kappa shape index (κ3) is 6.40. The summed E-state index contributed by atoms with van der Waals surface area (Å²) in [6, 6.07) is 21.8. The van der Waals surface area contributed by atoms with Gasteiger partial charge in [-0.3, -0.25) is 9.59 Å². The maximum Gasteiger partial charge on any atom is 0.309 e. The Labute approximate surface area is 217 Å². The lowest BCUT2D eigenvalue weighted by molar-refractivity contribution is -0.146. The van der Waals surface area contributed by atoms with Gasteiger partial charge in [0.05, 0.1) is 16.4 Å². The molecule has 3 rings (SSSR count). The van der Waals surface area contributed by atoms with Crippen LogP contribution >= 0.6 is 11.6 Å². The highest BCUT2D eigenvalue weighted by molar-refractivity contribution is 7.89. The van der Waals surface area contributed by atoms with Crippen molar-refractivity contribution in [3.05, 3.63) is 101 Å². The van der Waals surface area contributed by atoms with Crippen molar-refractivity contribution in [3.8, 4) is 0 Å². The molecule has 0 spiro atoms. The number of aliphatic carboxylic acids is 1. The van der Waals surface area contributed by atoms with Crippen molar-refractivity contribution in [3.63, 3.8) is 0 Å². The zero-order valence-corrected chi connectivity index (χ0v) is 22.1. The molecule has 0 saturated carbocycles. The van der Waals surface area contributed by atoms with Crippen molar-refractivity contribution < 1.29 is 23.1 Å². The molecule has 6 nitrogen and oxygen atoms in total. The van der Waals surface area contributed by atoms with E-state index in [1.165, 1.54) is 30.3 Å². The SMILES string of the molecule is CCC(c1ccccc1)N(Cc1ccc(C(=O)CC(C)(C)C(=O)O)cc1)S(=O)(=O)c1ccc(Cl)cc1. The molecule has 0 fully saturated rings. The van der Waals surface area contributed by atoms with Gasteiger partial charge in [0.2, 0.25) is 10.0 Å². The van der Waals surface area contributed by atoms with Gasteiger partial charge in [-0.05, 0) is 55.7 Å². The quantitative estimate of drug-likeness (QED) is 0.293. The van der Waals surface area contributed by atoms with Crippen LogP contribution in [-0.2, 0) is 21.4 Å². The number of carbonyl (C=O) groups is 2. The van der Waals surface area contributed by atoms with E-state index in [9.17, 15) is 23.1 Å². The van der Waals surface area contributed by atoms with Gasteiger partial charge < -0.3 is 5.11 Å². The van der Waals surface area contributed by atoms with Crippen molar-refractivity contribution in [1.29, 1.82) is 0 Å². The van der Waals surface area contributed by atoms with Gasteiger partial charge >= 0.3 is 5.97 Å². The first kappa shape index (κ1) is 27.6. The summed E-state index contributed by atoms with van der Waals surface area (Å²) in [6.45, 7) is 5.05. The lowest BCUT2D eigenvalue weighted by atomic mass is 9.85. The molecule has 36 heavy (non-hydrogen) atoms. The van der Waals surface area contributed by atoms with E-state index < -0.39 is 27.4 Å². The van der Waals surface area contributed by atoms with Crippen LogP contribution in [0, 0.1) is 5.41 Å². The molecule has 3 aromatic carbocycles. The molecule has 0 aliphatic rings. The zero-order valence-electron chi connectivity index (χ0n) is 20.5. The second-order valence-electron chi connectivity index (χ2n) is 9.32. The molecular weight excluding hydrogens is 498 g/mol. The number of benzene rings is 3. The standard InChI is InChI=1S/C28H30ClNO5S/c1-4-25(21-8-6-5-7-9-21)30(36(34,35)24-16-14-23(29)15-17-24)19-20-10-12-22(13-11-20)26(31)18-28(2,3)27(32)33/h5-17,25H,4,18-19H2,1-3H3,(H,32,33). The summed E-state index contributed by atoms with van der Waals surface area (Å²) in [6.07, 6.45) is 0.419. The van der Waals surface area contributed by atoms with Gasteiger partial charge in [-0.2, -0.15) is 4.31 Å². The van der Waals surface area contributed by atoms with Crippen LogP contribution in [0.2, 0.25) is 5.02 Å². The summed E-state index contributed by atoms with van der Waals surface area (Å²) in [4.78, 5) is 24.2. The molecule has 0 amide bonds. The van der Waals surface area contributed by atoms with Crippen molar-refractivity contribution in [2.75, 3.05) is 0 Å². The molecule has 0 aromatic heterocycles. The van der Waals surface area contributed by atoms with Crippen LogP contribution in [-0.4, -0.2) is 29.6 Å². The van der Waals surface area contributed by atoms with E-state index in [1.807, 2.05) is 37.3 Å². The van der Waals surface area contributed by atoms with Gasteiger partial charge in [0.15, 0.2) is 5.78 Å². The lowest BCUT2D eigenvalue weighted by Crippen LogP contribution is -2.34. The number of carboxylic acid groups (broad SMARTS) is 1. The van der Waals surface area contributed by atoms with E-state index >= 15 is 0 Å². The number of carbonyl (C=O) groups excluding carboxylic acids is 1. The molecule has 0 saturated heterocycles. The van der Waals surface area contributed by atoms with Crippen LogP contribution in [0.4, 0.5) is 0 Å². The minimum atomic E-state index is -3.89. The maximum atomic E-state index is 13.8. The number of carboxylic acids is 1. The minimum Gasteiger partial charge on any atom is -0.481 e. The average Bonchev–Trinajstić information content (AvgIpc) is 2.85. The monoisotopic (exact) mass is 527 g/mol. The van der Waals surface area contributed by atoms with Gasteiger partial charge in [0.25, 0.3) is 0 Å². The third-order valence-corrected chi connectivity index (χ3v) is 8.26. The van der Waals surface area contributed by atoms with Gasteiger partial charge in [-0.25, -0.2) is 8.42 Å². The number of halogens is 1. The minimum absolute atomic E-state index is 0.0907. The van der Waals surface area contributed by atoms with E-state index in [0.717, 1.165) is 5.56 Å². The Kier molecular flexibility index (Phi) is 8.71. The molecule has 1 unspecified atom stereocenters. The van der Waals surface area contributed by atoms with Crippen LogP contribution in [0.1, 0.15) is 61.1 Å². The van der Waals surface area contributed by atoms with Gasteiger partial charge in [0.1, 0.15) is 0 Å². The molecule has 0 heterocycles.